The Hall–Kier alpha value is -1.88. The highest BCUT2D eigenvalue weighted by atomic mass is 16.5. The van der Waals surface area contributed by atoms with E-state index in [0.717, 1.165) is 5.56 Å². The van der Waals surface area contributed by atoms with Crippen molar-refractivity contribution in [2.24, 2.45) is 5.41 Å². The minimum Gasteiger partial charge on any atom is -0.380 e. The molecule has 23 heavy (non-hydrogen) atoms. The molecule has 5 nitrogen and oxygen atoms in total. The number of piperazine rings is 1. The van der Waals surface area contributed by atoms with Crippen molar-refractivity contribution in [2.75, 3.05) is 33.3 Å². The number of methoxy groups -OCH3 is 1. The third kappa shape index (κ3) is 4.32. The highest BCUT2D eigenvalue weighted by Crippen LogP contribution is 2.19. The maximum atomic E-state index is 12.6. The van der Waals surface area contributed by atoms with E-state index >= 15 is 0 Å². The smallest absolute Gasteiger partial charge is 0.253 e. The summed E-state index contributed by atoms with van der Waals surface area (Å²) < 4.78 is 5.11. The fraction of sp³-hybridized carbons (Fsp3) is 0.556. The zero-order chi connectivity index (χ0) is 17.0. The van der Waals surface area contributed by atoms with Crippen molar-refractivity contribution in [3.63, 3.8) is 0 Å². The van der Waals surface area contributed by atoms with Gasteiger partial charge in [-0.1, -0.05) is 32.9 Å². The van der Waals surface area contributed by atoms with E-state index in [1.54, 1.807) is 7.11 Å². The van der Waals surface area contributed by atoms with Crippen LogP contribution in [0.4, 0.5) is 0 Å². The molecule has 2 rings (SSSR count). The third-order valence-corrected chi connectivity index (χ3v) is 3.98. The molecule has 1 aliphatic heterocycles. The van der Waals surface area contributed by atoms with Crippen LogP contribution in [0.1, 0.15) is 36.7 Å². The van der Waals surface area contributed by atoms with Crippen LogP contribution in [0.3, 0.4) is 0 Å². The van der Waals surface area contributed by atoms with Crippen LogP contribution in [-0.4, -0.2) is 54.9 Å². The van der Waals surface area contributed by atoms with Gasteiger partial charge < -0.3 is 14.5 Å². The fourth-order valence-corrected chi connectivity index (χ4v) is 2.73. The Labute approximate surface area is 138 Å². The van der Waals surface area contributed by atoms with E-state index in [2.05, 4.69) is 0 Å². The lowest BCUT2D eigenvalue weighted by molar-refractivity contribution is -0.140. The van der Waals surface area contributed by atoms with Gasteiger partial charge in [-0.3, -0.25) is 9.59 Å². The zero-order valence-corrected chi connectivity index (χ0v) is 14.5. The summed E-state index contributed by atoms with van der Waals surface area (Å²) in [5.74, 6) is 0.164. The van der Waals surface area contributed by atoms with Crippen LogP contribution in [0.2, 0.25) is 0 Å². The molecule has 0 radical (unpaired) electrons. The van der Waals surface area contributed by atoms with Crippen molar-refractivity contribution >= 4 is 11.8 Å². The van der Waals surface area contributed by atoms with Crippen LogP contribution in [0.5, 0.6) is 0 Å². The van der Waals surface area contributed by atoms with Crippen LogP contribution < -0.4 is 0 Å². The molecular weight excluding hydrogens is 292 g/mol. The van der Waals surface area contributed by atoms with Gasteiger partial charge in [-0.25, -0.2) is 0 Å². The predicted octanol–water partition coefficient (Wildman–Crippen LogP) is 2.16. The summed E-state index contributed by atoms with van der Waals surface area (Å²) in [7, 11) is 1.64. The van der Waals surface area contributed by atoms with Crippen molar-refractivity contribution in [1.82, 2.24) is 9.80 Å². The maximum Gasteiger partial charge on any atom is 0.253 e. The highest BCUT2D eigenvalue weighted by molar-refractivity contribution is 5.94. The number of carbonyl (C=O) groups excluding carboxylic acids is 2. The third-order valence-electron chi connectivity index (χ3n) is 3.98. The van der Waals surface area contributed by atoms with Crippen molar-refractivity contribution in [2.45, 2.75) is 27.4 Å². The number of nitrogens with zero attached hydrogens (tertiary/aromatic N) is 2. The van der Waals surface area contributed by atoms with Crippen molar-refractivity contribution in [3.8, 4) is 0 Å². The van der Waals surface area contributed by atoms with Crippen LogP contribution >= 0.6 is 0 Å². The lowest BCUT2D eigenvalue weighted by Gasteiger charge is -2.37. The number of carbonyl (C=O) groups is 2. The lowest BCUT2D eigenvalue weighted by atomic mass is 9.94. The summed E-state index contributed by atoms with van der Waals surface area (Å²) in [6.45, 7) is 8.62. The van der Waals surface area contributed by atoms with Gasteiger partial charge in [0, 0.05) is 44.3 Å². The van der Waals surface area contributed by atoms with Gasteiger partial charge in [0.1, 0.15) is 0 Å². The van der Waals surface area contributed by atoms with Crippen LogP contribution in [-0.2, 0) is 16.1 Å². The molecule has 1 saturated heterocycles. The van der Waals surface area contributed by atoms with E-state index in [0.29, 0.717) is 38.3 Å². The SMILES string of the molecule is COCc1cccc(C(=O)N2CCN(C(=O)C(C)(C)C)CC2)c1. The Balaban J connectivity index is 1.98. The molecule has 1 heterocycles. The minimum absolute atomic E-state index is 0.0193. The summed E-state index contributed by atoms with van der Waals surface area (Å²) in [4.78, 5) is 28.6. The highest BCUT2D eigenvalue weighted by Gasteiger charge is 2.31. The summed E-state index contributed by atoms with van der Waals surface area (Å²) in [6.07, 6.45) is 0. The first-order chi connectivity index (χ1) is 10.8. The molecule has 0 bridgehead atoms. The summed E-state index contributed by atoms with van der Waals surface area (Å²) in [5.41, 5.74) is 1.29. The zero-order valence-electron chi connectivity index (χ0n) is 14.5. The average Bonchev–Trinajstić information content (AvgIpc) is 2.53. The molecule has 1 aliphatic rings. The van der Waals surface area contributed by atoms with E-state index in [1.807, 2.05) is 54.8 Å². The van der Waals surface area contributed by atoms with E-state index < -0.39 is 0 Å². The number of ether oxygens (including phenoxy) is 1. The normalized spacial score (nSPS) is 15.7. The van der Waals surface area contributed by atoms with E-state index in [4.69, 9.17) is 4.74 Å². The topological polar surface area (TPSA) is 49.9 Å². The molecule has 0 saturated carbocycles. The first-order valence-corrected chi connectivity index (χ1v) is 7.99. The molecule has 2 amide bonds. The molecular formula is C18H26N2O3. The molecule has 0 N–H and O–H groups in total. The summed E-state index contributed by atoms with van der Waals surface area (Å²) >= 11 is 0. The first-order valence-electron chi connectivity index (χ1n) is 7.99. The van der Waals surface area contributed by atoms with Gasteiger partial charge in [-0.15, -0.1) is 0 Å². The standard InChI is InChI=1S/C18H26N2O3/c1-18(2,3)17(22)20-10-8-19(9-11-20)16(21)15-7-5-6-14(12-15)13-23-4/h5-7,12H,8-11,13H2,1-4H3. The average molecular weight is 318 g/mol. The predicted molar refractivity (Wildman–Crippen MR) is 89.1 cm³/mol. The van der Waals surface area contributed by atoms with Crippen molar-refractivity contribution < 1.29 is 14.3 Å². The lowest BCUT2D eigenvalue weighted by Crippen LogP contribution is -2.53. The van der Waals surface area contributed by atoms with Gasteiger partial charge in [0.15, 0.2) is 0 Å². The number of benzene rings is 1. The van der Waals surface area contributed by atoms with Gasteiger partial charge in [0.05, 0.1) is 6.61 Å². The molecule has 5 heteroatoms. The molecule has 0 aromatic heterocycles. The molecule has 1 aromatic carbocycles. The summed E-state index contributed by atoms with van der Waals surface area (Å²) in [6, 6.07) is 7.52. The quantitative estimate of drug-likeness (QED) is 0.858. The van der Waals surface area contributed by atoms with Crippen molar-refractivity contribution in [1.29, 1.82) is 0 Å². The largest absolute Gasteiger partial charge is 0.380 e. The molecule has 126 valence electrons. The van der Waals surface area contributed by atoms with Crippen LogP contribution in [0.25, 0.3) is 0 Å². The summed E-state index contributed by atoms with van der Waals surface area (Å²) in [5, 5.41) is 0. The van der Waals surface area contributed by atoms with Gasteiger partial charge >= 0.3 is 0 Å². The minimum atomic E-state index is -0.374. The molecule has 0 atom stereocenters. The Morgan fingerprint density at radius 2 is 1.70 bits per heavy atom. The molecule has 0 spiro atoms. The van der Waals surface area contributed by atoms with Gasteiger partial charge in [-0.2, -0.15) is 0 Å². The fourth-order valence-electron chi connectivity index (χ4n) is 2.73. The monoisotopic (exact) mass is 318 g/mol. The number of hydrogen-bond donors (Lipinski definition) is 0. The molecule has 0 aliphatic carbocycles. The second kappa shape index (κ2) is 7.13. The molecule has 1 fully saturated rings. The van der Waals surface area contributed by atoms with Gasteiger partial charge in [-0.05, 0) is 17.7 Å². The number of hydrogen-bond acceptors (Lipinski definition) is 3. The van der Waals surface area contributed by atoms with Gasteiger partial charge in [0.25, 0.3) is 5.91 Å². The first kappa shape index (κ1) is 17.5. The maximum absolute atomic E-state index is 12.6. The van der Waals surface area contributed by atoms with E-state index in [1.165, 1.54) is 0 Å². The Kier molecular flexibility index (Phi) is 5.42. The second-order valence-corrected chi connectivity index (χ2v) is 6.97. The second-order valence-electron chi connectivity index (χ2n) is 6.97. The number of amides is 2. The Morgan fingerprint density at radius 1 is 1.09 bits per heavy atom. The van der Waals surface area contributed by atoms with Gasteiger partial charge in [0.2, 0.25) is 5.91 Å². The van der Waals surface area contributed by atoms with Crippen LogP contribution in [0, 0.1) is 5.41 Å². The number of rotatable bonds is 3. The van der Waals surface area contributed by atoms with E-state index in [9.17, 15) is 9.59 Å². The Bertz CT molecular complexity index is 570. The van der Waals surface area contributed by atoms with Crippen molar-refractivity contribution in [3.05, 3.63) is 35.4 Å². The van der Waals surface area contributed by atoms with E-state index in [-0.39, 0.29) is 17.2 Å². The molecule has 1 aromatic rings. The van der Waals surface area contributed by atoms with Crippen LogP contribution in [0.15, 0.2) is 24.3 Å². The Morgan fingerprint density at radius 3 is 2.26 bits per heavy atom. The molecule has 0 unspecified atom stereocenters.